The highest BCUT2D eigenvalue weighted by Crippen LogP contribution is 2.47. The predicted octanol–water partition coefficient (Wildman–Crippen LogP) is 5.53. The first-order valence-electron chi connectivity index (χ1n) is 11.8. The first-order chi connectivity index (χ1) is 17.9. The van der Waals surface area contributed by atoms with Crippen molar-refractivity contribution in [3.63, 3.8) is 0 Å². The van der Waals surface area contributed by atoms with Gasteiger partial charge in [-0.3, -0.25) is 9.59 Å². The summed E-state index contributed by atoms with van der Waals surface area (Å²) in [5, 5.41) is 5.52. The van der Waals surface area contributed by atoms with Crippen molar-refractivity contribution in [2.45, 2.75) is 18.6 Å². The summed E-state index contributed by atoms with van der Waals surface area (Å²) in [6, 6.07) is 24.7. The van der Waals surface area contributed by atoms with Crippen molar-refractivity contribution in [3.8, 4) is 16.9 Å². The number of nitrogens with one attached hydrogen (secondary N) is 2. The van der Waals surface area contributed by atoms with Crippen molar-refractivity contribution < 1.29 is 23.1 Å². The first-order valence-corrected chi connectivity index (χ1v) is 11.8. The normalized spacial score (nSPS) is 16.0. The Morgan fingerprint density at radius 2 is 1.59 bits per heavy atom. The van der Waals surface area contributed by atoms with Crippen molar-refractivity contribution in [1.82, 2.24) is 10.6 Å². The van der Waals surface area contributed by atoms with Crippen LogP contribution in [0.4, 0.5) is 8.78 Å². The first kappa shape index (κ1) is 24.2. The number of benzene rings is 4. The van der Waals surface area contributed by atoms with Crippen molar-refractivity contribution in [2.75, 3.05) is 7.05 Å². The van der Waals surface area contributed by atoms with E-state index in [0.717, 1.165) is 11.1 Å². The van der Waals surface area contributed by atoms with Crippen molar-refractivity contribution in [3.05, 3.63) is 125 Å². The molecule has 0 saturated heterocycles. The molecule has 2 atom stereocenters. The van der Waals surface area contributed by atoms with Gasteiger partial charge in [0.15, 0.2) is 0 Å². The molecule has 0 aliphatic carbocycles. The van der Waals surface area contributed by atoms with Gasteiger partial charge in [0.1, 0.15) is 29.4 Å². The van der Waals surface area contributed by atoms with Gasteiger partial charge in [-0.2, -0.15) is 0 Å². The highest BCUT2D eigenvalue weighted by atomic mass is 19.1. The summed E-state index contributed by atoms with van der Waals surface area (Å²) < 4.78 is 33.0. The molecule has 7 heteroatoms. The van der Waals surface area contributed by atoms with Gasteiger partial charge in [-0.1, -0.05) is 42.5 Å². The molecule has 1 aliphatic heterocycles. The highest BCUT2D eigenvalue weighted by molar-refractivity contribution is 5.95. The molecule has 2 N–H and O–H groups in total. The van der Waals surface area contributed by atoms with E-state index in [1.165, 1.54) is 24.3 Å². The minimum atomic E-state index is -0.622. The molecule has 0 saturated carbocycles. The lowest BCUT2D eigenvalue weighted by atomic mass is 9.88. The zero-order valence-corrected chi connectivity index (χ0v) is 20.0. The molecule has 4 aromatic rings. The maximum absolute atomic E-state index is 13.5. The summed E-state index contributed by atoms with van der Waals surface area (Å²) in [5.74, 6) is -1.26. The van der Waals surface area contributed by atoms with Crippen LogP contribution in [-0.4, -0.2) is 18.9 Å². The van der Waals surface area contributed by atoms with E-state index in [4.69, 9.17) is 4.74 Å². The molecule has 2 unspecified atom stereocenters. The maximum atomic E-state index is 13.5. The van der Waals surface area contributed by atoms with E-state index in [1.54, 1.807) is 55.6 Å². The van der Waals surface area contributed by atoms with E-state index >= 15 is 0 Å². The number of hydrogen-bond acceptors (Lipinski definition) is 3. The van der Waals surface area contributed by atoms with Crippen LogP contribution >= 0.6 is 0 Å². The number of carbonyl (C=O) groups excluding carboxylic acids is 2. The van der Waals surface area contributed by atoms with Gasteiger partial charge in [0.25, 0.3) is 5.91 Å². The summed E-state index contributed by atoms with van der Waals surface area (Å²) in [4.78, 5) is 25.7. The third kappa shape index (κ3) is 5.07. The average Bonchev–Trinajstić information content (AvgIpc) is 3.30. The second-order valence-corrected chi connectivity index (χ2v) is 8.83. The molecule has 186 valence electrons. The lowest BCUT2D eigenvalue weighted by Gasteiger charge is -2.18. The molecule has 5 rings (SSSR count). The van der Waals surface area contributed by atoms with Crippen molar-refractivity contribution in [1.29, 1.82) is 0 Å². The fourth-order valence-electron chi connectivity index (χ4n) is 4.56. The minimum absolute atomic E-state index is 0.204. The largest absolute Gasteiger partial charge is 0.484 e. The Balaban J connectivity index is 1.41. The number of halogens is 2. The van der Waals surface area contributed by atoms with Crippen LogP contribution in [0.5, 0.6) is 5.75 Å². The van der Waals surface area contributed by atoms with Crippen molar-refractivity contribution >= 4 is 11.8 Å². The molecule has 1 heterocycles. The Hall–Kier alpha value is -4.52. The predicted molar refractivity (Wildman–Crippen MR) is 136 cm³/mol. The molecule has 37 heavy (non-hydrogen) atoms. The van der Waals surface area contributed by atoms with Crippen LogP contribution in [0, 0.1) is 11.6 Å². The van der Waals surface area contributed by atoms with E-state index in [0.29, 0.717) is 28.0 Å². The second-order valence-electron chi connectivity index (χ2n) is 8.83. The van der Waals surface area contributed by atoms with Gasteiger partial charge in [0.2, 0.25) is 5.91 Å². The third-order valence-corrected chi connectivity index (χ3v) is 6.43. The van der Waals surface area contributed by atoms with E-state index in [9.17, 15) is 18.4 Å². The zero-order chi connectivity index (χ0) is 25.9. The molecule has 4 aromatic carbocycles. The molecule has 0 bridgehead atoms. The Bertz CT molecular complexity index is 1470. The van der Waals surface area contributed by atoms with E-state index in [1.807, 2.05) is 18.2 Å². The monoisotopic (exact) mass is 498 g/mol. The quantitative estimate of drug-likeness (QED) is 0.368. The number of rotatable bonds is 6. The lowest BCUT2D eigenvalue weighted by Crippen LogP contribution is -2.28. The molecule has 0 aromatic heterocycles. The van der Waals surface area contributed by atoms with Gasteiger partial charge >= 0.3 is 0 Å². The molecule has 0 spiro atoms. The van der Waals surface area contributed by atoms with Gasteiger partial charge < -0.3 is 15.4 Å². The molecular formula is C30H24F2N2O3. The number of fused-ring (bicyclic) bond motifs is 1. The van der Waals surface area contributed by atoms with Crippen LogP contribution in [-0.2, 0) is 11.3 Å². The Morgan fingerprint density at radius 1 is 0.838 bits per heavy atom. The highest BCUT2D eigenvalue weighted by Gasteiger charge is 2.40. The maximum Gasteiger partial charge on any atom is 0.251 e. The summed E-state index contributed by atoms with van der Waals surface area (Å²) in [6.07, 6.45) is -0.592. The summed E-state index contributed by atoms with van der Waals surface area (Å²) in [7, 11) is 1.57. The van der Waals surface area contributed by atoms with Crippen LogP contribution in [0.2, 0.25) is 0 Å². The molecule has 0 radical (unpaired) electrons. The summed E-state index contributed by atoms with van der Waals surface area (Å²) >= 11 is 0. The van der Waals surface area contributed by atoms with Crippen LogP contribution in [0.25, 0.3) is 11.1 Å². The zero-order valence-electron chi connectivity index (χ0n) is 20.0. The minimum Gasteiger partial charge on any atom is -0.484 e. The average molecular weight is 499 g/mol. The smallest absolute Gasteiger partial charge is 0.251 e. The van der Waals surface area contributed by atoms with Gasteiger partial charge in [-0.05, 0) is 70.8 Å². The van der Waals surface area contributed by atoms with Crippen LogP contribution < -0.4 is 15.4 Å². The SMILES string of the molecule is CNC(=O)C1c2cc(-c3cccc(C(=O)NCc4cccc(F)c4)c3)ccc2OC1c1ccc(F)cc1. The molecular weight excluding hydrogens is 474 g/mol. The van der Waals surface area contributed by atoms with Crippen molar-refractivity contribution in [2.24, 2.45) is 0 Å². The Morgan fingerprint density at radius 3 is 2.35 bits per heavy atom. The number of hydrogen-bond donors (Lipinski definition) is 2. The van der Waals surface area contributed by atoms with Crippen LogP contribution in [0.15, 0.2) is 91.0 Å². The number of amides is 2. The Labute approximate surface area is 213 Å². The molecule has 0 fully saturated rings. The van der Waals surface area contributed by atoms with E-state index in [-0.39, 0.29) is 30.0 Å². The fraction of sp³-hybridized carbons (Fsp3) is 0.133. The van der Waals surface area contributed by atoms with Gasteiger partial charge in [0.05, 0.1) is 0 Å². The molecule has 5 nitrogen and oxygen atoms in total. The Kier molecular flexibility index (Phi) is 6.68. The third-order valence-electron chi connectivity index (χ3n) is 6.43. The topological polar surface area (TPSA) is 67.4 Å². The molecule has 1 aliphatic rings. The van der Waals surface area contributed by atoms with E-state index in [2.05, 4.69) is 10.6 Å². The van der Waals surface area contributed by atoms with Gasteiger partial charge in [0, 0.05) is 24.7 Å². The fourth-order valence-corrected chi connectivity index (χ4v) is 4.56. The van der Waals surface area contributed by atoms with Crippen LogP contribution in [0.1, 0.15) is 39.1 Å². The van der Waals surface area contributed by atoms with Crippen LogP contribution in [0.3, 0.4) is 0 Å². The number of carbonyl (C=O) groups is 2. The second kappa shape index (κ2) is 10.2. The standard InChI is InChI=1S/C30H24F2N2O3/c1-33-30(36)27-25-16-21(10-13-26(25)37-28(27)19-8-11-23(31)12-9-19)20-5-3-6-22(15-20)29(35)34-17-18-4-2-7-24(32)14-18/h2-16,27-28H,17H2,1H3,(H,33,36)(H,34,35). The molecule has 2 amide bonds. The van der Waals surface area contributed by atoms with Gasteiger partial charge in [-0.25, -0.2) is 8.78 Å². The van der Waals surface area contributed by atoms with Gasteiger partial charge in [-0.15, -0.1) is 0 Å². The number of likely N-dealkylation sites (N-methyl/N-ethyl adjacent to an activating group) is 1. The lowest BCUT2D eigenvalue weighted by molar-refractivity contribution is -0.123. The summed E-state index contributed by atoms with van der Waals surface area (Å²) in [5.41, 5.74) is 4.14. The number of ether oxygens (including phenoxy) is 1. The van der Waals surface area contributed by atoms with E-state index < -0.39 is 12.0 Å². The summed E-state index contributed by atoms with van der Waals surface area (Å²) in [6.45, 7) is 0.204.